The summed E-state index contributed by atoms with van der Waals surface area (Å²) in [5.41, 5.74) is 3.95. The van der Waals surface area contributed by atoms with Crippen LogP contribution in [0.5, 0.6) is 11.5 Å². The van der Waals surface area contributed by atoms with Crippen molar-refractivity contribution in [1.82, 2.24) is 10.4 Å². The molecule has 0 atom stereocenters. The van der Waals surface area contributed by atoms with Gasteiger partial charge in [0.2, 0.25) is 6.79 Å². The van der Waals surface area contributed by atoms with E-state index in [4.69, 9.17) is 9.47 Å². The molecule has 0 saturated carbocycles. The number of carbonyl (C=O) groups is 1. The Morgan fingerprint density at radius 1 is 1.08 bits per heavy atom. The number of hydrogen-bond donors (Lipinski definition) is 1. The molecule has 1 aliphatic rings. The van der Waals surface area contributed by atoms with E-state index >= 15 is 0 Å². The molecule has 24 heavy (non-hydrogen) atoms. The summed E-state index contributed by atoms with van der Waals surface area (Å²) in [4.78, 5) is 15.5. The van der Waals surface area contributed by atoms with E-state index in [2.05, 4.69) is 15.5 Å². The maximum absolute atomic E-state index is 11.7. The molecule has 3 rings (SSSR count). The number of carbonyl (C=O) groups excluding carboxylic acids is 1. The second-order valence-corrected chi connectivity index (χ2v) is 4.81. The average Bonchev–Trinajstić information content (AvgIpc) is 3.09. The normalized spacial score (nSPS) is 13.2. The van der Waals surface area contributed by atoms with Gasteiger partial charge in [-0.2, -0.15) is 5.10 Å². The molecule has 0 radical (unpaired) electrons. The Bertz CT molecular complexity index is 798. The molecular weight excluding hydrogens is 306 g/mol. The summed E-state index contributed by atoms with van der Waals surface area (Å²) in [5.74, 6) is 1.24. The van der Waals surface area contributed by atoms with Gasteiger partial charge in [0.1, 0.15) is 0 Å². The lowest BCUT2D eigenvalue weighted by molar-refractivity contribution is 0.0955. The molecule has 2 aromatic rings. The van der Waals surface area contributed by atoms with Gasteiger partial charge in [-0.25, -0.2) is 5.43 Å². The molecule has 6 nitrogen and oxygen atoms in total. The largest absolute Gasteiger partial charge is 0.454 e. The van der Waals surface area contributed by atoms with Gasteiger partial charge in [-0.05, 0) is 35.9 Å². The Morgan fingerprint density at radius 2 is 1.92 bits per heavy atom. The summed E-state index contributed by atoms with van der Waals surface area (Å²) < 4.78 is 10.6. The van der Waals surface area contributed by atoms with E-state index in [0.29, 0.717) is 5.56 Å². The lowest BCUT2D eigenvalue weighted by atomic mass is 10.2. The van der Waals surface area contributed by atoms with Gasteiger partial charge in [0.15, 0.2) is 11.5 Å². The van der Waals surface area contributed by atoms with E-state index in [0.717, 1.165) is 17.1 Å². The van der Waals surface area contributed by atoms with Crippen molar-refractivity contribution in [2.24, 2.45) is 5.10 Å². The van der Waals surface area contributed by atoms with Crippen LogP contribution in [0.25, 0.3) is 6.08 Å². The number of aromatic nitrogens is 1. The first-order valence-electron chi connectivity index (χ1n) is 7.29. The first-order chi connectivity index (χ1) is 11.8. The van der Waals surface area contributed by atoms with E-state index in [1.54, 1.807) is 30.6 Å². The van der Waals surface area contributed by atoms with Crippen LogP contribution in [-0.2, 0) is 0 Å². The van der Waals surface area contributed by atoms with Crippen LogP contribution in [0.4, 0.5) is 0 Å². The first kappa shape index (κ1) is 15.5. The standard InChI is InChI=1S/C18H15N3O3/c22-18(15-7-10-19-11-8-15)21-20-9-3-1-2-4-14-5-6-16-17(12-14)24-13-23-16/h1-12H,13H2,(H,21,22)/b3-1+,4-2+,20-9+. The quantitative estimate of drug-likeness (QED) is 0.522. The number of amides is 1. The van der Waals surface area contributed by atoms with Crippen molar-refractivity contribution in [3.63, 3.8) is 0 Å². The van der Waals surface area contributed by atoms with Crippen LogP contribution < -0.4 is 14.9 Å². The van der Waals surface area contributed by atoms with Crippen molar-refractivity contribution >= 4 is 18.2 Å². The molecule has 2 heterocycles. The minimum absolute atomic E-state index is 0.268. The maximum atomic E-state index is 11.7. The molecule has 0 unspecified atom stereocenters. The van der Waals surface area contributed by atoms with Crippen LogP contribution in [0.1, 0.15) is 15.9 Å². The van der Waals surface area contributed by atoms with Gasteiger partial charge in [-0.15, -0.1) is 0 Å². The van der Waals surface area contributed by atoms with Crippen LogP contribution in [-0.4, -0.2) is 23.9 Å². The SMILES string of the molecule is O=C(N/N=C/C=C/C=C/c1ccc2c(c1)OCO2)c1ccncc1. The van der Waals surface area contributed by atoms with Gasteiger partial charge >= 0.3 is 0 Å². The Labute approximate surface area is 139 Å². The van der Waals surface area contributed by atoms with Crippen molar-refractivity contribution in [1.29, 1.82) is 0 Å². The Kier molecular flexibility index (Phi) is 4.99. The topological polar surface area (TPSA) is 72.8 Å². The molecule has 0 bridgehead atoms. The van der Waals surface area contributed by atoms with Gasteiger partial charge in [0.05, 0.1) is 0 Å². The fourth-order valence-corrected chi connectivity index (χ4v) is 2.00. The minimum atomic E-state index is -0.280. The highest BCUT2D eigenvalue weighted by Gasteiger charge is 2.11. The first-order valence-corrected chi connectivity index (χ1v) is 7.29. The van der Waals surface area contributed by atoms with E-state index in [1.807, 2.05) is 36.4 Å². The van der Waals surface area contributed by atoms with Crippen molar-refractivity contribution < 1.29 is 14.3 Å². The smallest absolute Gasteiger partial charge is 0.271 e. The zero-order valence-electron chi connectivity index (χ0n) is 12.8. The van der Waals surface area contributed by atoms with Crippen molar-refractivity contribution in [3.05, 3.63) is 72.1 Å². The van der Waals surface area contributed by atoms with E-state index in [-0.39, 0.29) is 12.7 Å². The fraction of sp³-hybridized carbons (Fsp3) is 0.0556. The van der Waals surface area contributed by atoms with Crippen molar-refractivity contribution in [2.45, 2.75) is 0 Å². The number of ether oxygens (including phenoxy) is 2. The molecule has 120 valence electrons. The number of fused-ring (bicyclic) bond motifs is 1. The van der Waals surface area contributed by atoms with Crippen LogP contribution in [0.15, 0.2) is 66.1 Å². The minimum Gasteiger partial charge on any atom is -0.454 e. The summed E-state index contributed by atoms with van der Waals surface area (Å²) in [6, 6.07) is 8.97. The molecule has 0 spiro atoms. The predicted molar refractivity (Wildman–Crippen MR) is 90.9 cm³/mol. The second-order valence-electron chi connectivity index (χ2n) is 4.81. The molecule has 0 aliphatic carbocycles. The van der Waals surface area contributed by atoms with Crippen LogP contribution in [0.3, 0.4) is 0 Å². The van der Waals surface area contributed by atoms with Crippen LogP contribution >= 0.6 is 0 Å². The summed E-state index contributed by atoms with van der Waals surface area (Å²) in [5, 5.41) is 3.84. The molecule has 0 fully saturated rings. The summed E-state index contributed by atoms with van der Waals surface area (Å²) in [6.45, 7) is 0.268. The summed E-state index contributed by atoms with van der Waals surface area (Å²) in [6.07, 6.45) is 11.9. The van der Waals surface area contributed by atoms with E-state index in [1.165, 1.54) is 6.21 Å². The monoisotopic (exact) mass is 321 g/mol. The van der Waals surface area contributed by atoms with Gasteiger partial charge in [0, 0.05) is 24.2 Å². The molecular formula is C18H15N3O3. The van der Waals surface area contributed by atoms with Crippen LogP contribution in [0, 0.1) is 0 Å². The Hall–Kier alpha value is -3.41. The number of nitrogens with one attached hydrogen (secondary N) is 1. The zero-order chi connectivity index (χ0) is 16.6. The number of benzene rings is 1. The number of nitrogens with zero attached hydrogens (tertiary/aromatic N) is 2. The summed E-state index contributed by atoms with van der Waals surface area (Å²) >= 11 is 0. The lowest BCUT2D eigenvalue weighted by Gasteiger charge is -1.97. The fourth-order valence-electron chi connectivity index (χ4n) is 2.00. The molecule has 1 aromatic carbocycles. The highest BCUT2D eigenvalue weighted by atomic mass is 16.7. The third-order valence-electron chi connectivity index (χ3n) is 3.18. The molecule has 6 heteroatoms. The number of allylic oxidation sites excluding steroid dienone is 3. The Balaban J connectivity index is 1.47. The zero-order valence-corrected chi connectivity index (χ0v) is 12.8. The molecule has 1 aromatic heterocycles. The lowest BCUT2D eigenvalue weighted by Crippen LogP contribution is -2.17. The third kappa shape index (κ3) is 4.07. The van der Waals surface area contributed by atoms with Gasteiger partial charge in [0.25, 0.3) is 5.91 Å². The maximum Gasteiger partial charge on any atom is 0.271 e. The molecule has 1 aliphatic heterocycles. The van der Waals surface area contributed by atoms with Gasteiger partial charge in [-0.1, -0.05) is 24.3 Å². The van der Waals surface area contributed by atoms with Gasteiger partial charge in [-0.3, -0.25) is 9.78 Å². The highest BCUT2D eigenvalue weighted by Crippen LogP contribution is 2.32. The van der Waals surface area contributed by atoms with Crippen LogP contribution in [0.2, 0.25) is 0 Å². The van der Waals surface area contributed by atoms with Crippen molar-refractivity contribution in [3.8, 4) is 11.5 Å². The van der Waals surface area contributed by atoms with Gasteiger partial charge < -0.3 is 9.47 Å². The van der Waals surface area contributed by atoms with E-state index in [9.17, 15) is 4.79 Å². The number of rotatable bonds is 5. The third-order valence-corrected chi connectivity index (χ3v) is 3.18. The Morgan fingerprint density at radius 3 is 2.79 bits per heavy atom. The second kappa shape index (κ2) is 7.73. The molecule has 1 amide bonds. The highest BCUT2D eigenvalue weighted by molar-refractivity contribution is 5.94. The van der Waals surface area contributed by atoms with Crippen molar-refractivity contribution in [2.75, 3.05) is 6.79 Å². The number of hydrogen-bond acceptors (Lipinski definition) is 5. The van der Waals surface area contributed by atoms with E-state index < -0.39 is 0 Å². The molecule has 1 N–H and O–H groups in total. The predicted octanol–water partition coefficient (Wildman–Crippen LogP) is 2.80. The molecule has 0 saturated heterocycles. The number of pyridine rings is 1. The average molecular weight is 321 g/mol. The number of hydrazone groups is 1. The summed E-state index contributed by atoms with van der Waals surface area (Å²) in [7, 11) is 0.